The van der Waals surface area contributed by atoms with Gasteiger partial charge in [0.25, 0.3) is 22.2 Å². The minimum Gasteiger partial charge on any atom is -0.369 e. The van der Waals surface area contributed by atoms with Crippen molar-refractivity contribution in [1.29, 1.82) is 0 Å². The van der Waals surface area contributed by atoms with Crippen LogP contribution in [0.3, 0.4) is 0 Å². The fourth-order valence-electron chi connectivity index (χ4n) is 5.37. The fraction of sp³-hybridized carbons (Fsp3) is 0.429. The van der Waals surface area contributed by atoms with E-state index in [1.165, 1.54) is 17.2 Å². The molecule has 0 atom stereocenters. The first-order chi connectivity index (χ1) is 27.3. The number of nitrogens with zero attached hydrogens (tertiary/aromatic N) is 10. The van der Waals surface area contributed by atoms with Gasteiger partial charge < -0.3 is 42.0 Å². The molecule has 8 aromatic rings. The van der Waals surface area contributed by atoms with Gasteiger partial charge in [0, 0.05) is 22.5 Å². The minimum absolute atomic E-state index is 0.0114. The van der Waals surface area contributed by atoms with Gasteiger partial charge in [-0.15, -0.1) is 0 Å². The van der Waals surface area contributed by atoms with Crippen molar-refractivity contribution in [2.45, 2.75) is 98.7 Å². The second-order valence-corrected chi connectivity index (χ2v) is 16.6. The van der Waals surface area contributed by atoms with Gasteiger partial charge in [0.1, 0.15) is 5.82 Å². The summed E-state index contributed by atoms with van der Waals surface area (Å²) in [6.45, 7) is 21.7. The van der Waals surface area contributed by atoms with Crippen LogP contribution in [-0.4, -0.2) is 84.4 Å². The van der Waals surface area contributed by atoms with Gasteiger partial charge in [-0.05, 0) is 55.4 Å². The van der Waals surface area contributed by atoms with Crippen LogP contribution < -0.4 is 44.8 Å². The molecule has 8 heterocycles. The number of fused-ring (bicyclic) bond motifs is 4. The number of aromatic nitrogens is 16. The number of imidazole rings is 4. The maximum atomic E-state index is 11.8. The first-order valence-electron chi connectivity index (χ1n) is 18.3. The summed E-state index contributed by atoms with van der Waals surface area (Å²) in [6, 6.07) is -0.0114. The van der Waals surface area contributed by atoms with E-state index in [1.54, 1.807) is 6.33 Å². The van der Waals surface area contributed by atoms with Gasteiger partial charge in [-0.1, -0.05) is 20.8 Å². The van der Waals surface area contributed by atoms with Crippen LogP contribution in [0.25, 0.3) is 44.7 Å². The predicted molar refractivity (Wildman–Crippen MR) is 226 cm³/mol. The Morgan fingerprint density at radius 1 is 0.644 bits per heavy atom. The zero-order chi connectivity index (χ0) is 43.8. The number of anilines is 4. The average Bonchev–Trinajstić information content (AvgIpc) is 3.90. The largest absolute Gasteiger partial charge is 0.369 e. The molecule has 314 valence electrons. The van der Waals surface area contributed by atoms with E-state index in [0.717, 1.165) is 5.82 Å². The molecule has 24 heteroatoms. The van der Waals surface area contributed by atoms with Crippen molar-refractivity contribution in [2.75, 3.05) is 22.5 Å². The van der Waals surface area contributed by atoms with Gasteiger partial charge in [-0.3, -0.25) is 38.7 Å². The molecule has 0 unspecified atom stereocenters. The molecule has 0 amide bonds. The third-order valence-corrected chi connectivity index (χ3v) is 8.06. The fourth-order valence-corrected chi connectivity index (χ4v) is 5.37. The average molecular weight is 815 g/mol. The zero-order valence-corrected chi connectivity index (χ0v) is 34.6. The number of H-pyrrole nitrogens is 6. The van der Waals surface area contributed by atoms with Gasteiger partial charge >= 0.3 is 0 Å². The van der Waals surface area contributed by atoms with E-state index in [9.17, 15) is 19.2 Å². The molecule has 0 fully saturated rings. The molecule has 0 saturated carbocycles. The maximum absolute atomic E-state index is 11.8. The summed E-state index contributed by atoms with van der Waals surface area (Å²) >= 11 is 0. The summed E-state index contributed by atoms with van der Waals surface area (Å²) in [5.74, 6) is 1.55. The van der Waals surface area contributed by atoms with Crippen LogP contribution in [0, 0.1) is 0 Å². The van der Waals surface area contributed by atoms with Crippen LogP contribution in [0.5, 0.6) is 0 Å². The monoisotopic (exact) mass is 814 g/mol. The summed E-state index contributed by atoms with van der Waals surface area (Å²) in [6.07, 6.45) is 4.49. The summed E-state index contributed by atoms with van der Waals surface area (Å²) in [7, 11) is 0. The molecule has 0 aliphatic carbocycles. The van der Waals surface area contributed by atoms with Gasteiger partial charge in [0.15, 0.2) is 44.7 Å². The second-order valence-electron chi connectivity index (χ2n) is 16.6. The molecule has 8 aromatic heterocycles. The van der Waals surface area contributed by atoms with Crippen LogP contribution in [-0.2, 0) is 11.0 Å². The molecule has 0 aromatic carbocycles. The molecule has 0 bridgehead atoms. The predicted octanol–water partition coefficient (Wildman–Crippen LogP) is 2.12. The van der Waals surface area contributed by atoms with E-state index in [2.05, 4.69) is 75.1 Å². The quantitative estimate of drug-likeness (QED) is 0.119. The highest BCUT2D eigenvalue weighted by molar-refractivity contribution is 5.72. The lowest BCUT2D eigenvalue weighted by molar-refractivity contribution is 0.406. The van der Waals surface area contributed by atoms with Crippen molar-refractivity contribution < 1.29 is 0 Å². The van der Waals surface area contributed by atoms with Crippen LogP contribution >= 0.6 is 0 Å². The van der Waals surface area contributed by atoms with Crippen molar-refractivity contribution in [3.05, 3.63) is 66.2 Å². The Balaban J connectivity index is 0.000000150. The van der Waals surface area contributed by atoms with Crippen molar-refractivity contribution >= 4 is 68.4 Å². The van der Waals surface area contributed by atoms with E-state index in [4.69, 9.17) is 17.2 Å². The Morgan fingerprint density at radius 2 is 1.22 bits per heavy atom. The summed E-state index contributed by atoms with van der Waals surface area (Å²) < 4.78 is 3.26. The lowest BCUT2D eigenvalue weighted by atomic mass is 9.96. The van der Waals surface area contributed by atoms with E-state index < -0.39 is 0 Å². The number of hydrogen-bond acceptors (Lipinski definition) is 16. The normalized spacial score (nSPS) is 11.9. The Labute approximate surface area is 334 Å². The summed E-state index contributed by atoms with van der Waals surface area (Å²) in [4.78, 5) is 94.6. The lowest BCUT2D eigenvalue weighted by Gasteiger charge is -2.20. The Hall–Kier alpha value is -7.40. The standard InChI is InChI=1S/3C9H13N5O.C8H11N5O/c1-9(2,3)14-4-11-5-6(14)12-8(10)13-7(5)15;1-9(2,3)14-8-12-6-5(7(15)13-8)10-4-11-6;1-9(2,3)7-11-4-5(12-7)13-8(10)14-6(4)15;1-4(2)13-7(14)5-6(11-3-10-5)12-8(13)9/h4H,1-3H3,(H3,10,12,13,15);4H,1-3H3,(H3,10,11,12,13,14,15);1-3H3,(H4,10,11,12,13,14,15);3-4H,1-2H3,(H2,9,12)(H,10,11). The van der Waals surface area contributed by atoms with Gasteiger partial charge in [0.2, 0.25) is 23.8 Å². The van der Waals surface area contributed by atoms with E-state index in [1.807, 2.05) is 80.7 Å². The van der Waals surface area contributed by atoms with Crippen molar-refractivity contribution in [3.8, 4) is 0 Å². The number of nitrogens with one attached hydrogen (secondary N) is 7. The van der Waals surface area contributed by atoms with Crippen LogP contribution in [0.1, 0.15) is 88.0 Å². The first-order valence-corrected chi connectivity index (χ1v) is 18.3. The number of rotatable bonds is 2. The third kappa shape index (κ3) is 9.77. The molecule has 59 heavy (non-hydrogen) atoms. The molecule has 0 saturated heterocycles. The lowest BCUT2D eigenvalue weighted by Crippen LogP contribution is -2.28. The Kier molecular flexibility index (Phi) is 11.5. The highest BCUT2D eigenvalue weighted by Crippen LogP contribution is 2.21. The molecule has 0 aliphatic heterocycles. The van der Waals surface area contributed by atoms with E-state index in [-0.39, 0.29) is 62.6 Å². The number of aromatic amines is 6. The first kappa shape index (κ1) is 42.7. The molecule has 0 spiro atoms. The molecular formula is C35H50N20O4. The highest BCUT2D eigenvalue weighted by Gasteiger charge is 2.21. The molecule has 13 N–H and O–H groups in total. The van der Waals surface area contributed by atoms with Crippen LogP contribution in [0.4, 0.5) is 23.8 Å². The molecule has 24 nitrogen and oxygen atoms in total. The van der Waals surface area contributed by atoms with Crippen LogP contribution in [0.2, 0.25) is 0 Å². The van der Waals surface area contributed by atoms with E-state index >= 15 is 0 Å². The van der Waals surface area contributed by atoms with Crippen molar-refractivity contribution in [1.82, 2.24) is 78.9 Å². The SMILES string of the molecule is CC(C)(C)Nc1nc2nc[nH]c2c(=O)[nH]1.CC(C)(C)c1nc2nc(N)[nH]c(=O)c2[nH]1.CC(C)(C)n1cnc2c(=O)[nH]c(N)nc21.CC(C)n1c(N)nc2nc[nH]c2c1=O. The zero-order valence-electron chi connectivity index (χ0n) is 34.6. The molecular weight excluding hydrogens is 765 g/mol. The minimum atomic E-state index is -0.305. The van der Waals surface area contributed by atoms with Crippen molar-refractivity contribution in [3.63, 3.8) is 0 Å². The second kappa shape index (κ2) is 15.9. The van der Waals surface area contributed by atoms with Gasteiger partial charge in [-0.25, -0.2) is 19.9 Å². The highest BCUT2D eigenvalue weighted by atomic mass is 16.1. The Morgan fingerprint density at radius 3 is 1.81 bits per heavy atom. The molecule has 8 rings (SSSR count). The van der Waals surface area contributed by atoms with E-state index in [0.29, 0.717) is 50.6 Å². The van der Waals surface area contributed by atoms with Crippen molar-refractivity contribution in [2.24, 2.45) is 0 Å². The summed E-state index contributed by atoms with van der Waals surface area (Å²) in [5, 5.41) is 3.08. The number of nitrogens with two attached hydrogens (primary N) is 3. The number of nitrogen functional groups attached to an aromatic ring is 3. The van der Waals surface area contributed by atoms with Crippen LogP contribution in [0.15, 0.2) is 38.2 Å². The Bertz CT molecular complexity index is 2970. The maximum Gasteiger partial charge on any atom is 0.281 e. The summed E-state index contributed by atoms with van der Waals surface area (Å²) in [5.41, 5.74) is 18.2. The topological polar surface area (TPSA) is 366 Å². The van der Waals surface area contributed by atoms with Gasteiger partial charge in [-0.2, -0.15) is 19.9 Å². The smallest absolute Gasteiger partial charge is 0.281 e. The third-order valence-electron chi connectivity index (χ3n) is 8.06. The van der Waals surface area contributed by atoms with Gasteiger partial charge in [0.05, 0.1) is 19.0 Å². The molecule has 0 radical (unpaired) electrons. The molecule has 0 aliphatic rings. The number of hydrogen-bond donors (Lipinski definition) is 10.